The molecule has 1 aromatic heterocycles. The first-order chi connectivity index (χ1) is 10.3. The first-order valence-electron chi connectivity index (χ1n) is 7.39. The second kappa shape index (κ2) is 5.07. The molecule has 21 heavy (non-hydrogen) atoms. The van der Waals surface area contributed by atoms with E-state index in [1.165, 1.54) is 0 Å². The van der Waals surface area contributed by atoms with Gasteiger partial charge in [-0.05, 0) is 30.0 Å². The Labute approximate surface area is 123 Å². The molecule has 5 heteroatoms. The standard InChI is InChI=1S/C16H18N2O3/c19-10-11-2-4-18(9-11)16-13-8-15-14(20-5-6-21-15)7-12(13)1-3-17-16/h1,3,7-8,11,19H,2,4-6,9-10H2. The number of hydrogen-bond donors (Lipinski definition) is 1. The Morgan fingerprint density at radius 1 is 1.24 bits per heavy atom. The summed E-state index contributed by atoms with van der Waals surface area (Å²) in [5.41, 5.74) is 0. The zero-order chi connectivity index (χ0) is 14.2. The number of benzene rings is 1. The lowest BCUT2D eigenvalue weighted by Gasteiger charge is -2.22. The SMILES string of the molecule is OCC1CCN(c2nccc3cc4c(cc23)OCCO4)C1. The Hall–Kier alpha value is -2.01. The predicted octanol–water partition coefficient (Wildman–Crippen LogP) is 1.82. The van der Waals surface area contributed by atoms with Crippen molar-refractivity contribution in [3.8, 4) is 11.5 Å². The molecule has 1 saturated heterocycles. The first kappa shape index (κ1) is 12.7. The van der Waals surface area contributed by atoms with E-state index in [-0.39, 0.29) is 6.61 Å². The second-order valence-electron chi connectivity index (χ2n) is 5.63. The molecule has 2 aliphatic rings. The highest BCUT2D eigenvalue weighted by Crippen LogP contribution is 2.38. The van der Waals surface area contributed by atoms with Crippen molar-refractivity contribution in [1.82, 2.24) is 4.98 Å². The molecule has 0 aliphatic carbocycles. The van der Waals surface area contributed by atoms with Crippen LogP contribution in [0.1, 0.15) is 6.42 Å². The number of anilines is 1. The topological polar surface area (TPSA) is 54.8 Å². The molecular weight excluding hydrogens is 268 g/mol. The van der Waals surface area contributed by atoms with Crippen LogP contribution in [0, 0.1) is 5.92 Å². The number of rotatable bonds is 2. The maximum atomic E-state index is 9.32. The van der Waals surface area contributed by atoms with E-state index in [2.05, 4.69) is 9.88 Å². The summed E-state index contributed by atoms with van der Waals surface area (Å²) in [4.78, 5) is 6.80. The highest BCUT2D eigenvalue weighted by atomic mass is 16.6. The summed E-state index contributed by atoms with van der Waals surface area (Å²) in [5.74, 6) is 2.92. The minimum absolute atomic E-state index is 0.244. The molecule has 3 heterocycles. The quantitative estimate of drug-likeness (QED) is 0.912. The smallest absolute Gasteiger partial charge is 0.162 e. The summed E-state index contributed by atoms with van der Waals surface area (Å²) in [5, 5.41) is 11.5. The minimum Gasteiger partial charge on any atom is -0.486 e. The van der Waals surface area contributed by atoms with Crippen molar-refractivity contribution < 1.29 is 14.6 Å². The molecule has 1 N–H and O–H groups in total. The van der Waals surface area contributed by atoms with E-state index in [9.17, 15) is 5.11 Å². The van der Waals surface area contributed by atoms with Gasteiger partial charge in [0.1, 0.15) is 19.0 Å². The first-order valence-corrected chi connectivity index (χ1v) is 7.39. The summed E-state index contributed by atoms with van der Waals surface area (Å²) < 4.78 is 11.3. The van der Waals surface area contributed by atoms with Crippen LogP contribution in [-0.2, 0) is 0 Å². The van der Waals surface area contributed by atoms with E-state index < -0.39 is 0 Å². The van der Waals surface area contributed by atoms with Gasteiger partial charge in [0.25, 0.3) is 0 Å². The number of aromatic nitrogens is 1. The van der Waals surface area contributed by atoms with Gasteiger partial charge in [-0.15, -0.1) is 0 Å². The highest BCUT2D eigenvalue weighted by molar-refractivity contribution is 5.94. The number of aliphatic hydroxyl groups excluding tert-OH is 1. The van der Waals surface area contributed by atoms with Gasteiger partial charge in [0, 0.05) is 37.2 Å². The van der Waals surface area contributed by atoms with Crippen molar-refractivity contribution >= 4 is 16.6 Å². The molecule has 2 aromatic rings. The van der Waals surface area contributed by atoms with E-state index in [0.717, 1.165) is 47.6 Å². The molecule has 1 atom stereocenters. The average molecular weight is 286 g/mol. The van der Waals surface area contributed by atoms with Crippen LogP contribution in [0.15, 0.2) is 24.4 Å². The number of fused-ring (bicyclic) bond motifs is 2. The fraction of sp³-hybridized carbons (Fsp3) is 0.438. The third-order valence-electron chi connectivity index (χ3n) is 4.25. The van der Waals surface area contributed by atoms with Gasteiger partial charge in [-0.25, -0.2) is 4.98 Å². The lowest BCUT2D eigenvalue weighted by molar-refractivity contribution is 0.172. The molecule has 1 fully saturated rings. The maximum absolute atomic E-state index is 9.32. The maximum Gasteiger partial charge on any atom is 0.162 e. The van der Waals surface area contributed by atoms with Gasteiger partial charge in [-0.3, -0.25) is 0 Å². The van der Waals surface area contributed by atoms with E-state index >= 15 is 0 Å². The normalized spacial score (nSPS) is 21.0. The number of ether oxygens (including phenoxy) is 2. The van der Waals surface area contributed by atoms with Crippen molar-refractivity contribution in [2.75, 3.05) is 37.8 Å². The lowest BCUT2D eigenvalue weighted by atomic mass is 10.1. The van der Waals surface area contributed by atoms with Gasteiger partial charge in [0.2, 0.25) is 0 Å². The molecule has 1 unspecified atom stereocenters. The van der Waals surface area contributed by atoms with Gasteiger partial charge in [-0.2, -0.15) is 0 Å². The molecular formula is C16H18N2O3. The number of hydrogen-bond acceptors (Lipinski definition) is 5. The number of aliphatic hydroxyl groups is 1. The van der Waals surface area contributed by atoms with Gasteiger partial charge >= 0.3 is 0 Å². The van der Waals surface area contributed by atoms with E-state index in [1.54, 1.807) is 0 Å². The van der Waals surface area contributed by atoms with Gasteiger partial charge < -0.3 is 19.5 Å². The summed E-state index contributed by atoms with van der Waals surface area (Å²) in [7, 11) is 0. The van der Waals surface area contributed by atoms with Crippen molar-refractivity contribution in [2.24, 2.45) is 5.92 Å². The Morgan fingerprint density at radius 2 is 2.05 bits per heavy atom. The average Bonchev–Trinajstić information content (AvgIpc) is 3.01. The van der Waals surface area contributed by atoms with E-state index in [0.29, 0.717) is 19.1 Å². The van der Waals surface area contributed by atoms with Crippen LogP contribution >= 0.6 is 0 Å². The zero-order valence-electron chi connectivity index (χ0n) is 11.8. The van der Waals surface area contributed by atoms with Crippen molar-refractivity contribution in [3.63, 3.8) is 0 Å². The fourth-order valence-electron chi connectivity index (χ4n) is 3.12. The number of pyridine rings is 1. The Morgan fingerprint density at radius 3 is 2.81 bits per heavy atom. The van der Waals surface area contributed by atoms with E-state index in [1.807, 2.05) is 24.4 Å². The monoisotopic (exact) mass is 286 g/mol. The summed E-state index contributed by atoms with van der Waals surface area (Å²) in [6.45, 7) is 3.22. The number of nitrogens with zero attached hydrogens (tertiary/aromatic N) is 2. The molecule has 0 radical (unpaired) electrons. The van der Waals surface area contributed by atoms with Gasteiger partial charge in [0.05, 0.1) is 0 Å². The zero-order valence-corrected chi connectivity index (χ0v) is 11.8. The molecule has 2 aliphatic heterocycles. The minimum atomic E-state index is 0.244. The van der Waals surface area contributed by atoms with Crippen LogP contribution in [0.2, 0.25) is 0 Å². The van der Waals surface area contributed by atoms with Crippen LogP contribution in [-0.4, -0.2) is 43.0 Å². The molecule has 5 nitrogen and oxygen atoms in total. The van der Waals surface area contributed by atoms with Crippen molar-refractivity contribution in [1.29, 1.82) is 0 Å². The molecule has 0 bridgehead atoms. The molecule has 0 saturated carbocycles. The summed E-state index contributed by atoms with van der Waals surface area (Å²) >= 11 is 0. The van der Waals surface area contributed by atoms with Crippen molar-refractivity contribution in [2.45, 2.75) is 6.42 Å². The van der Waals surface area contributed by atoms with Gasteiger partial charge in [0.15, 0.2) is 11.5 Å². The molecule has 1 aromatic carbocycles. The molecule has 0 spiro atoms. The lowest BCUT2D eigenvalue weighted by Crippen LogP contribution is -2.22. The fourth-order valence-corrected chi connectivity index (χ4v) is 3.12. The van der Waals surface area contributed by atoms with Crippen LogP contribution < -0.4 is 14.4 Å². The van der Waals surface area contributed by atoms with Gasteiger partial charge in [-0.1, -0.05) is 0 Å². The third kappa shape index (κ3) is 2.17. The van der Waals surface area contributed by atoms with Crippen LogP contribution in [0.3, 0.4) is 0 Å². The van der Waals surface area contributed by atoms with Crippen LogP contribution in [0.4, 0.5) is 5.82 Å². The van der Waals surface area contributed by atoms with Crippen LogP contribution in [0.25, 0.3) is 10.8 Å². The summed E-state index contributed by atoms with van der Waals surface area (Å²) in [6, 6.07) is 6.05. The Balaban J connectivity index is 1.78. The molecule has 0 amide bonds. The Bertz CT molecular complexity index is 674. The van der Waals surface area contributed by atoms with Crippen LogP contribution in [0.5, 0.6) is 11.5 Å². The Kier molecular flexibility index (Phi) is 3.07. The third-order valence-corrected chi connectivity index (χ3v) is 4.25. The van der Waals surface area contributed by atoms with Crippen molar-refractivity contribution in [3.05, 3.63) is 24.4 Å². The van der Waals surface area contributed by atoms with E-state index in [4.69, 9.17) is 9.47 Å². The molecule has 4 rings (SSSR count). The molecule has 110 valence electrons. The largest absolute Gasteiger partial charge is 0.486 e. The predicted molar refractivity (Wildman–Crippen MR) is 80.1 cm³/mol. The summed E-state index contributed by atoms with van der Waals surface area (Å²) in [6.07, 6.45) is 2.85. The highest BCUT2D eigenvalue weighted by Gasteiger charge is 2.25. The second-order valence-corrected chi connectivity index (χ2v) is 5.63.